The van der Waals surface area contributed by atoms with E-state index in [1.54, 1.807) is 0 Å². The fourth-order valence-electron chi connectivity index (χ4n) is 2.79. The Balaban J connectivity index is 1.70. The predicted molar refractivity (Wildman–Crippen MR) is 101 cm³/mol. The van der Waals surface area contributed by atoms with Crippen LogP contribution >= 0.6 is 31.9 Å². The molecule has 1 saturated heterocycles. The summed E-state index contributed by atoms with van der Waals surface area (Å²) in [5.41, 5.74) is -0.433. The summed E-state index contributed by atoms with van der Waals surface area (Å²) < 4.78 is 12.7. The number of hydrogen-bond donors (Lipinski definition) is 1. The van der Waals surface area contributed by atoms with E-state index in [1.165, 1.54) is 6.42 Å². The van der Waals surface area contributed by atoms with Crippen LogP contribution in [0.15, 0.2) is 19.6 Å². The van der Waals surface area contributed by atoms with Gasteiger partial charge < -0.3 is 19.4 Å². The maximum absolute atomic E-state index is 12.2. The standard InChI is InChI=1S/C17H26Br2N2O3/c1-17(2,3)24-16(22)21-8-4-5-12(11-21)6-7-20-10-13-9-14(18)15(19)23-13/h9,12,20H,4-8,10-11H2,1-3H3. The second kappa shape index (κ2) is 8.72. The Morgan fingerprint density at radius 3 is 2.83 bits per heavy atom. The molecule has 0 saturated carbocycles. The number of nitrogens with one attached hydrogen (secondary N) is 1. The molecule has 5 nitrogen and oxygen atoms in total. The van der Waals surface area contributed by atoms with E-state index in [2.05, 4.69) is 37.2 Å². The molecule has 0 radical (unpaired) electrons. The SMILES string of the molecule is CC(C)(C)OC(=O)N1CCCC(CCNCc2cc(Br)c(Br)o2)C1. The molecule has 1 aliphatic rings. The highest BCUT2D eigenvalue weighted by Crippen LogP contribution is 2.26. The smallest absolute Gasteiger partial charge is 0.410 e. The summed E-state index contributed by atoms with van der Waals surface area (Å²) in [4.78, 5) is 14.0. The quantitative estimate of drug-likeness (QED) is 0.626. The predicted octanol–water partition coefficient (Wildman–Crippen LogP) is 4.93. The van der Waals surface area contributed by atoms with Gasteiger partial charge in [-0.05, 0) is 90.4 Å². The highest BCUT2D eigenvalue weighted by Gasteiger charge is 2.27. The molecule has 1 aliphatic heterocycles. The van der Waals surface area contributed by atoms with Crippen molar-refractivity contribution in [1.82, 2.24) is 10.2 Å². The Morgan fingerprint density at radius 2 is 2.21 bits per heavy atom. The normalized spacial score (nSPS) is 18.7. The van der Waals surface area contributed by atoms with Crippen LogP contribution < -0.4 is 5.32 Å². The van der Waals surface area contributed by atoms with E-state index in [0.717, 1.165) is 47.4 Å². The van der Waals surface area contributed by atoms with Crippen molar-refractivity contribution in [2.45, 2.75) is 52.2 Å². The molecule has 0 aliphatic carbocycles. The summed E-state index contributed by atoms with van der Waals surface area (Å²) in [5, 5.41) is 3.40. The van der Waals surface area contributed by atoms with Gasteiger partial charge in [-0.25, -0.2) is 4.79 Å². The number of hydrogen-bond acceptors (Lipinski definition) is 4. The van der Waals surface area contributed by atoms with Gasteiger partial charge >= 0.3 is 6.09 Å². The topological polar surface area (TPSA) is 54.7 Å². The largest absolute Gasteiger partial charge is 0.452 e. The van der Waals surface area contributed by atoms with E-state index in [1.807, 2.05) is 31.7 Å². The second-order valence-electron chi connectivity index (χ2n) is 7.23. The number of piperidine rings is 1. The van der Waals surface area contributed by atoms with E-state index in [9.17, 15) is 4.79 Å². The molecule has 1 aromatic heterocycles. The first-order chi connectivity index (χ1) is 11.2. The Hall–Kier alpha value is -0.530. The van der Waals surface area contributed by atoms with Crippen LogP contribution in [-0.4, -0.2) is 36.2 Å². The monoisotopic (exact) mass is 464 g/mol. The average molecular weight is 466 g/mol. The van der Waals surface area contributed by atoms with Crippen LogP contribution in [0.5, 0.6) is 0 Å². The molecule has 2 rings (SSSR count). The van der Waals surface area contributed by atoms with Crippen LogP contribution in [0.4, 0.5) is 4.79 Å². The number of rotatable bonds is 5. The average Bonchev–Trinajstić information content (AvgIpc) is 2.81. The number of carbonyl (C=O) groups excluding carboxylic acids is 1. The highest BCUT2D eigenvalue weighted by atomic mass is 79.9. The lowest BCUT2D eigenvalue weighted by molar-refractivity contribution is 0.0162. The number of furan rings is 1. The van der Waals surface area contributed by atoms with Gasteiger partial charge in [0, 0.05) is 13.1 Å². The second-order valence-corrected chi connectivity index (χ2v) is 8.81. The van der Waals surface area contributed by atoms with Gasteiger partial charge in [0.1, 0.15) is 11.4 Å². The van der Waals surface area contributed by atoms with Crippen molar-refractivity contribution < 1.29 is 13.9 Å². The molecule has 2 heterocycles. The molecule has 7 heteroatoms. The van der Waals surface area contributed by atoms with Crippen molar-refractivity contribution >= 4 is 38.0 Å². The third-order valence-corrected chi connectivity index (χ3v) is 5.61. The van der Waals surface area contributed by atoms with Crippen LogP contribution in [0.1, 0.15) is 45.8 Å². The molecule has 0 spiro atoms. The summed E-state index contributed by atoms with van der Waals surface area (Å²) in [6.07, 6.45) is 3.06. The first-order valence-corrected chi connectivity index (χ1v) is 9.95. The molecule has 1 unspecified atom stereocenters. The summed E-state index contributed by atoms with van der Waals surface area (Å²) >= 11 is 6.75. The fourth-order valence-corrected chi connectivity index (χ4v) is 3.45. The lowest BCUT2D eigenvalue weighted by Crippen LogP contribution is -2.43. The number of halogens is 2. The summed E-state index contributed by atoms with van der Waals surface area (Å²) in [7, 11) is 0. The molecule has 1 atom stereocenters. The number of amides is 1. The zero-order valence-corrected chi connectivity index (χ0v) is 17.7. The van der Waals surface area contributed by atoms with Gasteiger partial charge in [0.2, 0.25) is 0 Å². The Kier molecular flexibility index (Phi) is 7.19. The highest BCUT2D eigenvalue weighted by molar-refractivity contribution is 9.13. The molecule has 24 heavy (non-hydrogen) atoms. The van der Waals surface area contributed by atoms with Crippen molar-refractivity contribution in [3.05, 3.63) is 21.0 Å². The van der Waals surface area contributed by atoms with Crippen molar-refractivity contribution in [2.75, 3.05) is 19.6 Å². The minimum absolute atomic E-state index is 0.189. The third kappa shape index (κ3) is 6.41. The Morgan fingerprint density at radius 1 is 1.46 bits per heavy atom. The van der Waals surface area contributed by atoms with E-state index in [0.29, 0.717) is 12.5 Å². The number of ether oxygens (including phenoxy) is 1. The molecule has 0 aromatic carbocycles. The van der Waals surface area contributed by atoms with E-state index < -0.39 is 5.60 Å². The number of nitrogens with zero attached hydrogens (tertiary/aromatic N) is 1. The number of likely N-dealkylation sites (tertiary alicyclic amines) is 1. The van der Waals surface area contributed by atoms with Crippen molar-refractivity contribution in [3.63, 3.8) is 0 Å². The van der Waals surface area contributed by atoms with E-state index in [-0.39, 0.29) is 6.09 Å². The van der Waals surface area contributed by atoms with E-state index >= 15 is 0 Å². The first kappa shape index (κ1) is 19.8. The van der Waals surface area contributed by atoms with Gasteiger partial charge in [-0.3, -0.25) is 0 Å². The zero-order valence-electron chi connectivity index (χ0n) is 14.5. The van der Waals surface area contributed by atoms with Gasteiger partial charge in [0.05, 0.1) is 11.0 Å². The minimum Gasteiger partial charge on any atom is -0.452 e. The molecular weight excluding hydrogens is 440 g/mol. The lowest BCUT2D eigenvalue weighted by atomic mass is 9.95. The molecule has 1 fully saturated rings. The van der Waals surface area contributed by atoms with Gasteiger partial charge in [0.15, 0.2) is 4.67 Å². The van der Waals surface area contributed by atoms with Crippen molar-refractivity contribution in [1.29, 1.82) is 0 Å². The van der Waals surface area contributed by atoms with E-state index in [4.69, 9.17) is 9.15 Å². The molecule has 1 aromatic rings. The third-order valence-electron chi connectivity index (χ3n) is 3.90. The van der Waals surface area contributed by atoms with Gasteiger partial charge in [0.25, 0.3) is 0 Å². The minimum atomic E-state index is -0.433. The van der Waals surface area contributed by atoms with Gasteiger partial charge in [-0.2, -0.15) is 0 Å². The summed E-state index contributed by atoms with van der Waals surface area (Å²) in [6, 6.07) is 1.96. The maximum Gasteiger partial charge on any atom is 0.410 e. The van der Waals surface area contributed by atoms with Crippen LogP contribution in [0.2, 0.25) is 0 Å². The molecular formula is C17H26Br2N2O3. The van der Waals surface area contributed by atoms with Gasteiger partial charge in [-0.15, -0.1) is 0 Å². The maximum atomic E-state index is 12.2. The van der Waals surface area contributed by atoms with Crippen LogP contribution in [0.25, 0.3) is 0 Å². The Labute approximate surface area is 160 Å². The van der Waals surface area contributed by atoms with Crippen molar-refractivity contribution in [2.24, 2.45) is 5.92 Å². The van der Waals surface area contributed by atoms with Crippen LogP contribution in [0.3, 0.4) is 0 Å². The summed E-state index contributed by atoms with van der Waals surface area (Å²) in [6.45, 7) is 8.90. The van der Waals surface area contributed by atoms with Crippen molar-refractivity contribution in [3.8, 4) is 0 Å². The number of carbonyl (C=O) groups is 1. The zero-order chi connectivity index (χ0) is 17.7. The summed E-state index contributed by atoms with van der Waals surface area (Å²) in [5.74, 6) is 1.42. The molecule has 136 valence electrons. The first-order valence-electron chi connectivity index (χ1n) is 8.37. The lowest BCUT2D eigenvalue weighted by Gasteiger charge is -2.34. The van der Waals surface area contributed by atoms with Crippen LogP contribution in [-0.2, 0) is 11.3 Å². The van der Waals surface area contributed by atoms with Gasteiger partial charge in [-0.1, -0.05) is 0 Å². The fraction of sp³-hybridized carbons (Fsp3) is 0.706. The molecule has 1 amide bonds. The van der Waals surface area contributed by atoms with Crippen LogP contribution in [0, 0.1) is 5.92 Å². The molecule has 1 N–H and O–H groups in total. The Bertz CT molecular complexity index is 535. The molecule has 0 bridgehead atoms.